The van der Waals surface area contributed by atoms with Crippen molar-refractivity contribution in [3.8, 4) is 0 Å². The summed E-state index contributed by atoms with van der Waals surface area (Å²) in [5.41, 5.74) is 0. The second-order valence-electron chi connectivity index (χ2n) is 4.34. The van der Waals surface area contributed by atoms with Crippen molar-refractivity contribution < 1.29 is 9.59 Å². The van der Waals surface area contributed by atoms with E-state index in [0.717, 1.165) is 6.42 Å². The summed E-state index contributed by atoms with van der Waals surface area (Å²) in [4.78, 5) is 26.3. The standard InChI is InChI=1S/C14H21N3O2S/c1-3-7-15-14(19)16-13(18)11-17(8-4-2)10-12-6-5-9-20-12/h4-6,9H,2-3,7-8,10-11H2,1H3,(H2,15,16,18,19). The van der Waals surface area contributed by atoms with Gasteiger partial charge in [-0.3, -0.25) is 15.0 Å². The third-order valence-electron chi connectivity index (χ3n) is 2.50. The Hall–Kier alpha value is -1.66. The third-order valence-corrected chi connectivity index (χ3v) is 3.36. The van der Waals surface area contributed by atoms with E-state index in [1.165, 1.54) is 4.88 Å². The summed E-state index contributed by atoms with van der Waals surface area (Å²) in [7, 11) is 0. The Kier molecular flexibility index (Phi) is 7.60. The predicted octanol–water partition coefficient (Wildman–Crippen LogP) is 1.97. The molecule has 0 aliphatic heterocycles. The zero-order chi connectivity index (χ0) is 14.8. The van der Waals surface area contributed by atoms with Crippen molar-refractivity contribution in [3.63, 3.8) is 0 Å². The van der Waals surface area contributed by atoms with Crippen molar-refractivity contribution in [1.29, 1.82) is 0 Å². The van der Waals surface area contributed by atoms with Gasteiger partial charge in [-0.25, -0.2) is 4.79 Å². The average Bonchev–Trinajstić information content (AvgIpc) is 2.89. The molecular weight excluding hydrogens is 274 g/mol. The first-order valence-corrected chi connectivity index (χ1v) is 7.47. The van der Waals surface area contributed by atoms with Gasteiger partial charge in [-0.05, 0) is 17.9 Å². The van der Waals surface area contributed by atoms with Crippen LogP contribution in [0.25, 0.3) is 0 Å². The monoisotopic (exact) mass is 295 g/mol. The molecule has 6 heteroatoms. The number of urea groups is 1. The smallest absolute Gasteiger partial charge is 0.321 e. The molecule has 0 radical (unpaired) electrons. The molecule has 3 amide bonds. The molecule has 5 nitrogen and oxygen atoms in total. The van der Waals surface area contributed by atoms with Crippen LogP contribution in [0.5, 0.6) is 0 Å². The van der Waals surface area contributed by atoms with Gasteiger partial charge in [0, 0.05) is 24.5 Å². The SMILES string of the molecule is C=CCN(CC(=O)NC(=O)NCCC)Cc1cccs1. The minimum absolute atomic E-state index is 0.170. The van der Waals surface area contributed by atoms with Crippen LogP contribution in [0.3, 0.4) is 0 Å². The highest BCUT2D eigenvalue weighted by Gasteiger charge is 2.12. The zero-order valence-electron chi connectivity index (χ0n) is 11.7. The summed E-state index contributed by atoms with van der Waals surface area (Å²) in [5, 5.41) is 6.93. The van der Waals surface area contributed by atoms with Crippen LogP contribution in [0, 0.1) is 0 Å². The fraction of sp³-hybridized carbons (Fsp3) is 0.429. The van der Waals surface area contributed by atoms with E-state index in [0.29, 0.717) is 19.6 Å². The number of carbonyl (C=O) groups excluding carboxylic acids is 2. The fourth-order valence-electron chi connectivity index (χ4n) is 1.64. The Morgan fingerprint density at radius 1 is 1.50 bits per heavy atom. The van der Waals surface area contributed by atoms with Crippen molar-refractivity contribution in [3.05, 3.63) is 35.0 Å². The average molecular weight is 295 g/mol. The highest BCUT2D eigenvalue weighted by molar-refractivity contribution is 7.09. The highest BCUT2D eigenvalue weighted by Crippen LogP contribution is 2.11. The lowest BCUT2D eigenvalue weighted by Crippen LogP contribution is -2.44. The van der Waals surface area contributed by atoms with Crippen LogP contribution < -0.4 is 10.6 Å². The van der Waals surface area contributed by atoms with E-state index >= 15 is 0 Å². The molecular formula is C14H21N3O2S. The topological polar surface area (TPSA) is 61.4 Å². The molecule has 20 heavy (non-hydrogen) atoms. The van der Waals surface area contributed by atoms with Gasteiger partial charge in [-0.15, -0.1) is 17.9 Å². The lowest BCUT2D eigenvalue weighted by atomic mass is 10.3. The summed E-state index contributed by atoms with van der Waals surface area (Å²) < 4.78 is 0. The summed E-state index contributed by atoms with van der Waals surface area (Å²) in [6.07, 6.45) is 2.58. The van der Waals surface area contributed by atoms with Gasteiger partial charge < -0.3 is 5.32 Å². The van der Waals surface area contributed by atoms with E-state index in [1.807, 2.05) is 29.3 Å². The molecule has 2 N–H and O–H groups in total. The van der Waals surface area contributed by atoms with Crippen LogP contribution in [-0.2, 0) is 11.3 Å². The number of rotatable bonds is 8. The summed E-state index contributed by atoms with van der Waals surface area (Å²) in [6, 6.07) is 3.56. The number of amides is 3. The van der Waals surface area contributed by atoms with E-state index < -0.39 is 6.03 Å². The molecule has 1 rings (SSSR count). The van der Waals surface area contributed by atoms with Crippen LogP contribution in [0.1, 0.15) is 18.2 Å². The number of carbonyl (C=O) groups is 2. The molecule has 1 heterocycles. The quantitative estimate of drug-likeness (QED) is 0.721. The number of nitrogens with zero attached hydrogens (tertiary/aromatic N) is 1. The van der Waals surface area contributed by atoms with E-state index in [2.05, 4.69) is 17.2 Å². The van der Waals surface area contributed by atoms with Gasteiger partial charge in [-0.1, -0.05) is 19.1 Å². The first kappa shape index (κ1) is 16.4. The minimum atomic E-state index is -0.438. The van der Waals surface area contributed by atoms with Crippen molar-refractivity contribution in [2.24, 2.45) is 0 Å². The van der Waals surface area contributed by atoms with Crippen molar-refractivity contribution in [2.45, 2.75) is 19.9 Å². The lowest BCUT2D eigenvalue weighted by Gasteiger charge is -2.19. The van der Waals surface area contributed by atoms with Crippen molar-refractivity contribution in [2.75, 3.05) is 19.6 Å². The second-order valence-corrected chi connectivity index (χ2v) is 5.37. The lowest BCUT2D eigenvalue weighted by molar-refractivity contribution is -0.121. The third kappa shape index (κ3) is 6.49. The Morgan fingerprint density at radius 2 is 2.30 bits per heavy atom. The molecule has 110 valence electrons. The molecule has 0 atom stereocenters. The minimum Gasteiger partial charge on any atom is -0.338 e. The van der Waals surface area contributed by atoms with Gasteiger partial charge in [0.1, 0.15) is 0 Å². The molecule has 0 bridgehead atoms. The van der Waals surface area contributed by atoms with Crippen LogP contribution in [0.15, 0.2) is 30.2 Å². The maximum atomic E-state index is 11.8. The molecule has 0 saturated heterocycles. The van der Waals surface area contributed by atoms with E-state index in [9.17, 15) is 9.59 Å². The Labute approximate surface area is 123 Å². The van der Waals surface area contributed by atoms with E-state index in [4.69, 9.17) is 0 Å². The maximum Gasteiger partial charge on any atom is 0.321 e. The van der Waals surface area contributed by atoms with E-state index in [1.54, 1.807) is 17.4 Å². The number of imide groups is 1. The first-order valence-electron chi connectivity index (χ1n) is 6.59. The molecule has 0 aliphatic rings. The molecule has 1 aromatic rings. The maximum absolute atomic E-state index is 11.8. The Bertz CT molecular complexity index is 432. The Balaban J connectivity index is 2.42. The number of nitrogens with one attached hydrogen (secondary N) is 2. The van der Waals surface area contributed by atoms with Gasteiger partial charge >= 0.3 is 6.03 Å². The summed E-state index contributed by atoms with van der Waals surface area (Å²) in [6.45, 7) is 7.65. The molecule has 0 spiro atoms. The van der Waals surface area contributed by atoms with Crippen LogP contribution >= 0.6 is 11.3 Å². The number of hydrogen-bond donors (Lipinski definition) is 2. The molecule has 0 unspecified atom stereocenters. The van der Waals surface area contributed by atoms with Crippen molar-refractivity contribution >= 4 is 23.3 Å². The van der Waals surface area contributed by atoms with Gasteiger partial charge in [-0.2, -0.15) is 0 Å². The molecule has 0 aliphatic carbocycles. The van der Waals surface area contributed by atoms with Gasteiger partial charge in [0.2, 0.25) is 5.91 Å². The fourth-order valence-corrected chi connectivity index (χ4v) is 2.39. The molecule has 1 aromatic heterocycles. The largest absolute Gasteiger partial charge is 0.338 e. The van der Waals surface area contributed by atoms with Crippen LogP contribution in [0.4, 0.5) is 4.79 Å². The number of hydrogen-bond acceptors (Lipinski definition) is 4. The van der Waals surface area contributed by atoms with Crippen LogP contribution in [-0.4, -0.2) is 36.5 Å². The predicted molar refractivity (Wildman–Crippen MR) is 81.6 cm³/mol. The normalized spacial score (nSPS) is 10.3. The molecule has 0 fully saturated rings. The second kappa shape index (κ2) is 9.28. The van der Waals surface area contributed by atoms with Gasteiger partial charge in [0.15, 0.2) is 0 Å². The van der Waals surface area contributed by atoms with E-state index in [-0.39, 0.29) is 12.5 Å². The van der Waals surface area contributed by atoms with Gasteiger partial charge in [0.25, 0.3) is 0 Å². The highest BCUT2D eigenvalue weighted by atomic mass is 32.1. The van der Waals surface area contributed by atoms with Crippen molar-refractivity contribution in [1.82, 2.24) is 15.5 Å². The summed E-state index contributed by atoms with van der Waals surface area (Å²) >= 11 is 1.64. The molecule has 0 saturated carbocycles. The Morgan fingerprint density at radius 3 is 2.90 bits per heavy atom. The zero-order valence-corrected chi connectivity index (χ0v) is 12.5. The van der Waals surface area contributed by atoms with Crippen LogP contribution in [0.2, 0.25) is 0 Å². The number of thiophene rings is 1. The van der Waals surface area contributed by atoms with Gasteiger partial charge in [0.05, 0.1) is 6.54 Å². The first-order chi connectivity index (χ1) is 9.65. The molecule has 0 aromatic carbocycles. The summed E-state index contributed by atoms with van der Waals surface area (Å²) in [5.74, 6) is -0.308.